The summed E-state index contributed by atoms with van der Waals surface area (Å²) in [5.74, 6) is 1.55. The van der Waals surface area contributed by atoms with E-state index in [0.29, 0.717) is 0 Å². The van der Waals surface area contributed by atoms with Crippen LogP contribution in [-0.4, -0.2) is 17.1 Å². The molecule has 2 aromatic rings. The second-order valence-electron chi connectivity index (χ2n) is 4.36. The maximum absolute atomic E-state index is 5.36. The smallest absolute Gasteiger partial charge is 0.163 e. The third kappa shape index (κ3) is 1.75. The molecule has 4 nitrogen and oxygen atoms in total. The van der Waals surface area contributed by atoms with E-state index in [1.165, 1.54) is 5.56 Å². The van der Waals surface area contributed by atoms with Gasteiger partial charge in [-0.2, -0.15) is 0 Å². The number of nitrogens with one attached hydrogen (secondary N) is 1. The van der Waals surface area contributed by atoms with Gasteiger partial charge < -0.3 is 10.1 Å². The van der Waals surface area contributed by atoms with E-state index in [-0.39, 0.29) is 0 Å². The van der Waals surface area contributed by atoms with Gasteiger partial charge in [-0.1, -0.05) is 12.1 Å². The molecule has 1 aromatic heterocycles. The monoisotopic (exact) mass is 241 g/mol. The van der Waals surface area contributed by atoms with Crippen LogP contribution in [0.2, 0.25) is 0 Å². The molecule has 0 unspecified atom stereocenters. The molecule has 0 saturated carbocycles. The zero-order chi connectivity index (χ0) is 12.5. The molecule has 0 aliphatic carbocycles. The number of para-hydroxylation sites is 1. The van der Waals surface area contributed by atoms with Gasteiger partial charge in [-0.05, 0) is 19.1 Å². The van der Waals surface area contributed by atoms with E-state index >= 15 is 0 Å². The van der Waals surface area contributed by atoms with Gasteiger partial charge in [0.2, 0.25) is 0 Å². The van der Waals surface area contributed by atoms with Crippen molar-refractivity contribution in [2.24, 2.45) is 0 Å². The number of methoxy groups -OCH3 is 1. The maximum Gasteiger partial charge on any atom is 0.163 e. The van der Waals surface area contributed by atoms with Crippen LogP contribution in [0.25, 0.3) is 11.4 Å². The Kier molecular flexibility index (Phi) is 2.72. The molecule has 92 valence electrons. The Morgan fingerprint density at radius 3 is 2.83 bits per heavy atom. The Hall–Kier alpha value is -1.94. The summed E-state index contributed by atoms with van der Waals surface area (Å²) in [6, 6.07) is 7.84. The Balaban J connectivity index is 2.15. The molecule has 0 atom stereocenters. The fourth-order valence-corrected chi connectivity index (χ4v) is 2.29. The first-order valence-electron chi connectivity index (χ1n) is 6.00. The molecular weight excluding hydrogens is 226 g/mol. The molecule has 18 heavy (non-hydrogen) atoms. The van der Waals surface area contributed by atoms with Crippen molar-refractivity contribution in [1.82, 2.24) is 15.3 Å². The lowest BCUT2D eigenvalue weighted by atomic mass is 10.1. The number of nitrogens with zero attached hydrogens (tertiary/aromatic N) is 2. The quantitative estimate of drug-likeness (QED) is 0.874. The lowest BCUT2D eigenvalue weighted by Gasteiger charge is -2.09. The average Bonchev–Trinajstić information content (AvgIpc) is 2.87. The van der Waals surface area contributed by atoms with E-state index < -0.39 is 0 Å². The van der Waals surface area contributed by atoms with Gasteiger partial charge in [-0.3, -0.25) is 0 Å². The normalized spacial score (nSPS) is 13.4. The second-order valence-corrected chi connectivity index (χ2v) is 4.36. The number of hydrogen-bond acceptors (Lipinski definition) is 4. The number of aryl methyl sites for hydroxylation is 1. The number of benzene rings is 1. The van der Waals surface area contributed by atoms with Gasteiger partial charge in [-0.25, -0.2) is 9.97 Å². The Morgan fingerprint density at radius 1 is 1.17 bits per heavy atom. The molecule has 1 aliphatic heterocycles. The van der Waals surface area contributed by atoms with Crippen molar-refractivity contribution in [1.29, 1.82) is 0 Å². The Labute approximate surface area is 106 Å². The molecule has 2 heterocycles. The van der Waals surface area contributed by atoms with Crippen LogP contribution in [0.4, 0.5) is 0 Å². The molecule has 0 bridgehead atoms. The Morgan fingerprint density at radius 2 is 2.00 bits per heavy atom. The van der Waals surface area contributed by atoms with Crippen LogP contribution in [0.1, 0.15) is 17.0 Å². The van der Waals surface area contributed by atoms with Gasteiger partial charge in [-0.15, -0.1) is 0 Å². The number of rotatable bonds is 2. The van der Waals surface area contributed by atoms with Crippen LogP contribution in [0.3, 0.4) is 0 Å². The van der Waals surface area contributed by atoms with Crippen LogP contribution in [0.15, 0.2) is 24.3 Å². The molecule has 0 spiro atoms. The number of fused-ring (bicyclic) bond motifs is 1. The molecule has 1 N–H and O–H groups in total. The maximum atomic E-state index is 5.36. The van der Waals surface area contributed by atoms with E-state index in [1.54, 1.807) is 7.11 Å². The number of hydrogen-bond donors (Lipinski definition) is 1. The van der Waals surface area contributed by atoms with Crippen LogP contribution in [0, 0.1) is 6.92 Å². The molecule has 1 aromatic carbocycles. The number of aromatic nitrogens is 2. The average molecular weight is 241 g/mol. The van der Waals surface area contributed by atoms with Gasteiger partial charge in [0, 0.05) is 24.3 Å². The van der Waals surface area contributed by atoms with Gasteiger partial charge in [0.05, 0.1) is 18.4 Å². The SMILES string of the molecule is COc1ccccc1-c1nc(C)c2c(n1)CNC2. The van der Waals surface area contributed by atoms with Crippen LogP contribution in [0.5, 0.6) is 5.75 Å². The lowest BCUT2D eigenvalue weighted by Crippen LogP contribution is -2.01. The van der Waals surface area contributed by atoms with Gasteiger partial charge in [0.25, 0.3) is 0 Å². The van der Waals surface area contributed by atoms with Crippen LogP contribution >= 0.6 is 0 Å². The first kappa shape index (κ1) is 11.2. The first-order chi connectivity index (χ1) is 8.79. The van der Waals surface area contributed by atoms with E-state index in [1.807, 2.05) is 31.2 Å². The zero-order valence-electron chi connectivity index (χ0n) is 10.5. The first-order valence-corrected chi connectivity index (χ1v) is 6.00. The number of ether oxygens (including phenoxy) is 1. The molecule has 0 fully saturated rings. The molecular formula is C14H15N3O. The third-order valence-corrected chi connectivity index (χ3v) is 3.24. The van der Waals surface area contributed by atoms with Gasteiger partial charge in [0.15, 0.2) is 5.82 Å². The lowest BCUT2D eigenvalue weighted by molar-refractivity contribution is 0.416. The van der Waals surface area contributed by atoms with Crippen molar-refractivity contribution in [2.75, 3.05) is 7.11 Å². The van der Waals surface area contributed by atoms with E-state index in [4.69, 9.17) is 4.74 Å². The van der Waals surface area contributed by atoms with Crippen LogP contribution in [-0.2, 0) is 13.1 Å². The van der Waals surface area contributed by atoms with E-state index in [9.17, 15) is 0 Å². The van der Waals surface area contributed by atoms with Crippen molar-refractivity contribution in [3.8, 4) is 17.1 Å². The predicted molar refractivity (Wildman–Crippen MR) is 69.3 cm³/mol. The summed E-state index contributed by atoms with van der Waals surface area (Å²) in [5, 5.41) is 3.30. The highest BCUT2D eigenvalue weighted by atomic mass is 16.5. The molecule has 0 saturated heterocycles. The Bertz CT molecular complexity index is 596. The highest BCUT2D eigenvalue weighted by Gasteiger charge is 2.18. The molecule has 1 aliphatic rings. The van der Waals surface area contributed by atoms with Crippen molar-refractivity contribution < 1.29 is 4.74 Å². The molecule has 3 rings (SSSR count). The molecule has 0 amide bonds. The molecule has 4 heteroatoms. The summed E-state index contributed by atoms with van der Waals surface area (Å²) in [7, 11) is 1.67. The third-order valence-electron chi connectivity index (χ3n) is 3.24. The summed E-state index contributed by atoms with van der Waals surface area (Å²) in [6.45, 7) is 3.72. The van der Waals surface area contributed by atoms with Gasteiger partial charge in [0.1, 0.15) is 5.75 Å². The van der Waals surface area contributed by atoms with Gasteiger partial charge >= 0.3 is 0 Å². The fraction of sp³-hybridized carbons (Fsp3) is 0.286. The minimum absolute atomic E-state index is 0.743. The highest BCUT2D eigenvalue weighted by Crippen LogP contribution is 2.28. The largest absolute Gasteiger partial charge is 0.496 e. The van der Waals surface area contributed by atoms with Crippen molar-refractivity contribution in [2.45, 2.75) is 20.0 Å². The summed E-state index contributed by atoms with van der Waals surface area (Å²) < 4.78 is 5.36. The minimum atomic E-state index is 0.743. The summed E-state index contributed by atoms with van der Waals surface area (Å²) in [6.07, 6.45) is 0. The van der Waals surface area contributed by atoms with E-state index in [0.717, 1.165) is 41.6 Å². The minimum Gasteiger partial charge on any atom is -0.496 e. The fourth-order valence-electron chi connectivity index (χ4n) is 2.29. The second kappa shape index (κ2) is 4.38. The standard InChI is InChI=1S/C14H15N3O/c1-9-11-7-15-8-12(11)17-14(16-9)10-5-3-4-6-13(10)18-2/h3-6,15H,7-8H2,1-2H3. The van der Waals surface area contributed by atoms with Crippen molar-refractivity contribution in [3.05, 3.63) is 41.2 Å². The highest BCUT2D eigenvalue weighted by molar-refractivity contribution is 5.64. The predicted octanol–water partition coefficient (Wildman–Crippen LogP) is 2.06. The van der Waals surface area contributed by atoms with Crippen LogP contribution < -0.4 is 10.1 Å². The topological polar surface area (TPSA) is 47.0 Å². The van der Waals surface area contributed by atoms with Crippen molar-refractivity contribution in [3.63, 3.8) is 0 Å². The van der Waals surface area contributed by atoms with Crippen molar-refractivity contribution >= 4 is 0 Å². The van der Waals surface area contributed by atoms with E-state index in [2.05, 4.69) is 15.3 Å². The molecule has 0 radical (unpaired) electrons. The summed E-state index contributed by atoms with van der Waals surface area (Å²) >= 11 is 0. The summed E-state index contributed by atoms with van der Waals surface area (Å²) in [4.78, 5) is 9.23. The summed E-state index contributed by atoms with van der Waals surface area (Å²) in [5.41, 5.74) is 4.32. The zero-order valence-corrected chi connectivity index (χ0v) is 10.5.